The second-order valence-electron chi connectivity index (χ2n) is 7.10. The number of hydrogen-bond donors (Lipinski definition) is 3. The molecule has 0 bridgehead atoms. The van der Waals surface area contributed by atoms with Crippen LogP contribution < -0.4 is 11.2 Å². The molecule has 1 fully saturated rings. The zero-order valence-corrected chi connectivity index (χ0v) is 15.2. The lowest BCUT2D eigenvalue weighted by Crippen LogP contribution is -2.33. The van der Waals surface area contributed by atoms with Gasteiger partial charge < -0.3 is 19.4 Å². The standard InChI is InChI=1S/C21H18N2O6/c24-10-17-15(25)8-18(28-17)23-9-14(20(26)22-21(23)27)13-6-3-5-12-11-4-1-2-7-16(11)29-19(12)13/h1-7,9,15,17-18,24-25H,8,10H2,(H,22,26,27)/t15-,17+,18+/m0/s1. The second-order valence-corrected chi connectivity index (χ2v) is 7.10. The third-order valence-electron chi connectivity index (χ3n) is 5.36. The maximum Gasteiger partial charge on any atom is 0.330 e. The Morgan fingerprint density at radius 2 is 1.86 bits per heavy atom. The largest absolute Gasteiger partial charge is 0.455 e. The Labute approximate surface area is 163 Å². The van der Waals surface area contributed by atoms with Gasteiger partial charge in [0.25, 0.3) is 5.56 Å². The van der Waals surface area contributed by atoms with Crippen LogP contribution in [0, 0.1) is 0 Å². The van der Waals surface area contributed by atoms with Crippen molar-refractivity contribution >= 4 is 21.9 Å². The van der Waals surface area contributed by atoms with Gasteiger partial charge in [-0.3, -0.25) is 14.3 Å². The highest BCUT2D eigenvalue weighted by Crippen LogP contribution is 2.35. The van der Waals surface area contributed by atoms with Crippen molar-refractivity contribution in [1.82, 2.24) is 9.55 Å². The Morgan fingerprint density at radius 3 is 2.66 bits per heavy atom. The van der Waals surface area contributed by atoms with E-state index in [0.29, 0.717) is 16.7 Å². The van der Waals surface area contributed by atoms with E-state index in [0.717, 1.165) is 10.8 Å². The number of aliphatic hydroxyl groups excluding tert-OH is 2. The molecule has 0 saturated carbocycles. The third-order valence-corrected chi connectivity index (χ3v) is 5.36. The predicted molar refractivity (Wildman–Crippen MR) is 106 cm³/mol. The molecule has 1 aliphatic rings. The van der Waals surface area contributed by atoms with Crippen molar-refractivity contribution in [1.29, 1.82) is 0 Å². The summed E-state index contributed by atoms with van der Waals surface area (Å²) in [6, 6.07) is 13.1. The van der Waals surface area contributed by atoms with Gasteiger partial charge in [-0.2, -0.15) is 0 Å². The molecule has 148 valence electrons. The Morgan fingerprint density at radius 1 is 1.07 bits per heavy atom. The number of para-hydroxylation sites is 2. The quantitative estimate of drug-likeness (QED) is 0.487. The lowest BCUT2D eigenvalue weighted by molar-refractivity contribution is -0.0458. The molecule has 0 aliphatic carbocycles. The number of nitrogens with one attached hydrogen (secondary N) is 1. The molecule has 8 heteroatoms. The van der Waals surface area contributed by atoms with Gasteiger partial charge in [0.15, 0.2) is 0 Å². The summed E-state index contributed by atoms with van der Waals surface area (Å²) in [5, 5.41) is 21.1. The first-order valence-corrected chi connectivity index (χ1v) is 9.27. The summed E-state index contributed by atoms with van der Waals surface area (Å²) in [4.78, 5) is 27.3. The average molecular weight is 394 g/mol. The minimum Gasteiger partial charge on any atom is -0.455 e. The summed E-state index contributed by atoms with van der Waals surface area (Å²) in [6.45, 7) is -0.360. The Balaban J connectivity index is 1.69. The third kappa shape index (κ3) is 2.80. The molecule has 5 rings (SSSR count). The van der Waals surface area contributed by atoms with Gasteiger partial charge in [0.2, 0.25) is 0 Å². The van der Waals surface area contributed by atoms with E-state index in [9.17, 15) is 19.8 Å². The van der Waals surface area contributed by atoms with E-state index in [1.165, 1.54) is 10.8 Å². The Kier molecular flexibility index (Phi) is 4.13. The Hall–Kier alpha value is -3.20. The number of aliphatic hydroxyl groups is 2. The number of fused-ring (bicyclic) bond motifs is 3. The first-order chi connectivity index (χ1) is 14.1. The van der Waals surface area contributed by atoms with E-state index in [1.54, 1.807) is 6.07 Å². The summed E-state index contributed by atoms with van der Waals surface area (Å²) >= 11 is 0. The normalized spacial score (nSPS) is 21.9. The zero-order valence-electron chi connectivity index (χ0n) is 15.2. The number of nitrogens with zero attached hydrogens (tertiary/aromatic N) is 1. The summed E-state index contributed by atoms with van der Waals surface area (Å²) < 4.78 is 12.8. The lowest BCUT2D eigenvalue weighted by Gasteiger charge is -2.15. The van der Waals surface area contributed by atoms with Gasteiger partial charge in [-0.1, -0.05) is 36.4 Å². The van der Waals surface area contributed by atoms with E-state index in [4.69, 9.17) is 9.15 Å². The van der Waals surface area contributed by atoms with Crippen molar-refractivity contribution in [2.24, 2.45) is 0 Å². The molecule has 0 unspecified atom stereocenters. The molecule has 3 atom stereocenters. The first-order valence-electron chi connectivity index (χ1n) is 9.27. The number of rotatable bonds is 3. The minimum atomic E-state index is -0.897. The van der Waals surface area contributed by atoms with Gasteiger partial charge in [-0.05, 0) is 6.07 Å². The highest BCUT2D eigenvalue weighted by molar-refractivity contribution is 6.09. The molecule has 4 aromatic rings. The maximum atomic E-state index is 12.6. The fraction of sp³-hybridized carbons (Fsp3) is 0.238. The highest BCUT2D eigenvalue weighted by atomic mass is 16.5. The van der Waals surface area contributed by atoms with Crippen molar-refractivity contribution in [2.45, 2.75) is 24.9 Å². The molecular formula is C21H18N2O6. The number of H-pyrrole nitrogens is 1. The molecule has 0 amide bonds. The van der Waals surface area contributed by atoms with Gasteiger partial charge in [0, 0.05) is 29.0 Å². The topological polar surface area (TPSA) is 118 Å². The average Bonchev–Trinajstić information content (AvgIpc) is 3.28. The summed E-state index contributed by atoms with van der Waals surface area (Å²) in [5.41, 5.74) is 0.853. The monoisotopic (exact) mass is 394 g/mol. The number of ether oxygens (including phenoxy) is 1. The minimum absolute atomic E-state index is 0.130. The van der Waals surface area contributed by atoms with Gasteiger partial charge in [0.1, 0.15) is 23.5 Å². The molecular weight excluding hydrogens is 376 g/mol. The van der Waals surface area contributed by atoms with E-state index in [1.807, 2.05) is 36.4 Å². The van der Waals surface area contributed by atoms with E-state index in [-0.39, 0.29) is 18.6 Å². The number of aromatic amines is 1. The fourth-order valence-electron chi connectivity index (χ4n) is 3.90. The van der Waals surface area contributed by atoms with Gasteiger partial charge in [-0.25, -0.2) is 4.79 Å². The van der Waals surface area contributed by atoms with Crippen LogP contribution >= 0.6 is 0 Å². The van der Waals surface area contributed by atoms with Crippen molar-refractivity contribution in [3.8, 4) is 11.1 Å². The fourth-order valence-corrected chi connectivity index (χ4v) is 3.90. The van der Waals surface area contributed by atoms with Gasteiger partial charge in [0.05, 0.1) is 18.3 Å². The van der Waals surface area contributed by atoms with Crippen molar-refractivity contribution in [2.75, 3.05) is 6.61 Å². The molecule has 2 aromatic carbocycles. The first kappa shape index (κ1) is 17.9. The highest BCUT2D eigenvalue weighted by Gasteiger charge is 2.35. The van der Waals surface area contributed by atoms with Crippen LogP contribution in [0.3, 0.4) is 0 Å². The summed E-state index contributed by atoms with van der Waals surface area (Å²) in [5.74, 6) is 0. The van der Waals surface area contributed by atoms with Crippen molar-refractivity contribution in [3.05, 3.63) is 69.5 Å². The van der Waals surface area contributed by atoms with E-state index >= 15 is 0 Å². The van der Waals surface area contributed by atoms with E-state index in [2.05, 4.69) is 4.98 Å². The molecule has 0 radical (unpaired) electrons. The van der Waals surface area contributed by atoms with Crippen LogP contribution in [0.1, 0.15) is 12.6 Å². The van der Waals surface area contributed by atoms with Crippen molar-refractivity contribution in [3.63, 3.8) is 0 Å². The molecule has 2 aromatic heterocycles. The molecule has 3 heterocycles. The molecule has 1 aliphatic heterocycles. The van der Waals surface area contributed by atoms with Crippen molar-refractivity contribution < 1.29 is 19.4 Å². The molecule has 0 spiro atoms. The molecule has 29 heavy (non-hydrogen) atoms. The van der Waals surface area contributed by atoms with Gasteiger partial charge >= 0.3 is 5.69 Å². The number of aromatic nitrogens is 2. The maximum absolute atomic E-state index is 12.6. The van der Waals surface area contributed by atoms with Crippen LogP contribution in [0.15, 0.2) is 62.7 Å². The lowest BCUT2D eigenvalue weighted by atomic mass is 10.0. The Bertz CT molecular complexity index is 1330. The molecule has 1 saturated heterocycles. The number of hydrogen-bond acceptors (Lipinski definition) is 6. The molecule has 8 nitrogen and oxygen atoms in total. The van der Waals surface area contributed by atoms with Crippen LogP contribution in [0.4, 0.5) is 0 Å². The molecule has 3 N–H and O–H groups in total. The second kappa shape index (κ2) is 6.70. The summed E-state index contributed by atoms with van der Waals surface area (Å²) in [7, 11) is 0. The van der Waals surface area contributed by atoms with Crippen LogP contribution in [0.2, 0.25) is 0 Å². The van der Waals surface area contributed by atoms with Crippen LogP contribution in [0.5, 0.6) is 0 Å². The SMILES string of the molecule is O=c1[nH]c(=O)n([C@H]2C[C@H](O)[C@@H](CO)O2)cc1-c1cccc2c1oc1ccccc12. The van der Waals surface area contributed by atoms with Gasteiger partial charge in [-0.15, -0.1) is 0 Å². The summed E-state index contributed by atoms with van der Waals surface area (Å²) in [6.07, 6.45) is -0.918. The van der Waals surface area contributed by atoms with Crippen LogP contribution in [-0.2, 0) is 4.74 Å². The zero-order chi connectivity index (χ0) is 20.1. The predicted octanol–water partition coefficient (Wildman–Crippen LogP) is 1.74. The number of furan rings is 1. The van der Waals surface area contributed by atoms with Crippen LogP contribution in [-0.4, -0.2) is 38.6 Å². The smallest absolute Gasteiger partial charge is 0.330 e. The van der Waals surface area contributed by atoms with Crippen LogP contribution in [0.25, 0.3) is 33.1 Å². The van der Waals surface area contributed by atoms with E-state index < -0.39 is 29.7 Å². The number of benzene rings is 2.